The van der Waals surface area contributed by atoms with Gasteiger partial charge in [0.25, 0.3) is 0 Å². The monoisotopic (exact) mass is 364 g/mol. The van der Waals surface area contributed by atoms with Gasteiger partial charge in [-0.3, -0.25) is 9.78 Å². The Bertz CT molecular complexity index is 941. The van der Waals surface area contributed by atoms with Crippen molar-refractivity contribution in [1.29, 1.82) is 0 Å². The number of pyridine rings is 1. The van der Waals surface area contributed by atoms with Crippen molar-refractivity contribution >= 4 is 34.2 Å². The fourth-order valence-corrected chi connectivity index (χ4v) is 2.50. The number of fused-ring (bicyclic) bond motifs is 1. The van der Waals surface area contributed by atoms with Crippen LogP contribution in [-0.4, -0.2) is 30.6 Å². The van der Waals surface area contributed by atoms with E-state index in [1.54, 1.807) is 37.6 Å². The van der Waals surface area contributed by atoms with Crippen LogP contribution in [0.5, 0.6) is 5.75 Å². The standard InChI is InChI=1S/C20H20N4O3/c1-27-17-8-6-15(7-9-17)24-20(26)21-11-10-19(25)23-16-12-14-4-2-3-5-18(14)22-13-16/h2-9,12-13H,10-11H2,1H3,(H,23,25)(H2,21,24,26). The van der Waals surface area contributed by atoms with Gasteiger partial charge in [0.05, 0.1) is 24.5 Å². The van der Waals surface area contributed by atoms with Gasteiger partial charge in [0.15, 0.2) is 0 Å². The Morgan fingerprint density at radius 2 is 1.78 bits per heavy atom. The minimum Gasteiger partial charge on any atom is -0.497 e. The molecule has 7 nitrogen and oxygen atoms in total. The number of hydrogen-bond donors (Lipinski definition) is 3. The summed E-state index contributed by atoms with van der Waals surface area (Å²) in [5.74, 6) is 0.512. The summed E-state index contributed by atoms with van der Waals surface area (Å²) in [5, 5.41) is 9.07. The fourth-order valence-electron chi connectivity index (χ4n) is 2.50. The zero-order chi connectivity index (χ0) is 19.1. The average molecular weight is 364 g/mol. The van der Waals surface area contributed by atoms with E-state index in [-0.39, 0.29) is 24.9 Å². The van der Waals surface area contributed by atoms with Crippen LogP contribution < -0.4 is 20.7 Å². The Hall–Kier alpha value is -3.61. The second-order valence-electron chi connectivity index (χ2n) is 5.82. The summed E-state index contributed by atoms with van der Waals surface area (Å²) in [6.45, 7) is 0.217. The summed E-state index contributed by atoms with van der Waals surface area (Å²) in [7, 11) is 1.58. The molecule has 0 saturated carbocycles. The third-order valence-electron chi connectivity index (χ3n) is 3.86. The molecular formula is C20H20N4O3. The molecule has 0 bridgehead atoms. The molecule has 3 aromatic rings. The Morgan fingerprint density at radius 1 is 1.00 bits per heavy atom. The van der Waals surface area contributed by atoms with Crippen molar-refractivity contribution in [3.05, 3.63) is 60.8 Å². The molecule has 0 aliphatic carbocycles. The highest BCUT2D eigenvalue weighted by Crippen LogP contribution is 2.16. The molecule has 3 N–H and O–H groups in total. The lowest BCUT2D eigenvalue weighted by Crippen LogP contribution is -2.31. The van der Waals surface area contributed by atoms with E-state index in [1.165, 1.54) is 0 Å². The van der Waals surface area contributed by atoms with E-state index in [1.807, 2.05) is 30.3 Å². The SMILES string of the molecule is COc1ccc(NC(=O)NCCC(=O)Nc2cnc3ccccc3c2)cc1. The van der Waals surface area contributed by atoms with Crippen molar-refractivity contribution in [3.63, 3.8) is 0 Å². The molecule has 2 aromatic carbocycles. The number of carbonyl (C=O) groups is 2. The van der Waals surface area contributed by atoms with Crippen molar-refractivity contribution in [1.82, 2.24) is 10.3 Å². The molecule has 1 heterocycles. The number of para-hydroxylation sites is 1. The number of benzene rings is 2. The van der Waals surface area contributed by atoms with Crippen molar-refractivity contribution in [3.8, 4) is 5.75 Å². The molecule has 0 aliphatic rings. The van der Waals surface area contributed by atoms with Crippen LogP contribution in [0.25, 0.3) is 10.9 Å². The third-order valence-corrected chi connectivity index (χ3v) is 3.86. The number of anilines is 2. The molecule has 3 amide bonds. The topological polar surface area (TPSA) is 92.4 Å². The summed E-state index contributed by atoms with van der Waals surface area (Å²) in [6, 6.07) is 16.1. The first-order valence-electron chi connectivity index (χ1n) is 8.47. The maximum atomic E-state index is 12.0. The van der Waals surface area contributed by atoms with E-state index in [9.17, 15) is 9.59 Å². The first-order chi connectivity index (χ1) is 13.1. The highest BCUT2D eigenvalue weighted by atomic mass is 16.5. The number of hydrogen-bond acceptors (Lipinski definition) is 4. The van der Waals surface area contributed by atoms with Crippen LogP contribution in [-0.2, 0) is 4.79 Å². The molecule has 27 heavy (non-hydrogen) atoms. The molecule has 0 spiro atoms. The number of nitrogens with one attached hydrogen (secondary N) is 3. The number of amides is 3. The number of methoxy groups -OCH3 is 1. The molecule has 0 radical (unpaired) electrons. The Balaban J connectivity index is 1.43. The van der Waals surface area contributed by atoms with Crippen molar-refractivity contribution in [2.45, 2.75) is 6.42 Å². The van der Waals surface area contributed by atoms with Crippen LogP contribution >= 0.6 is 0 Å². The lowest BCUT2D eigenvalue weighted by molar-refractivity contribution is -0.116. The molecule has 0 unspecified atom stereocenters. The van der Waals surface area contributed by atoms with Crippen molar-refractivity contribution in [2.75, 3.05) is 24.3 Å². The van der Waals surface area contributed by atoms with Gasteiger partial charge in [0.1, 0.15) is 5.75 Å². The lowest BCUT2D eigenvalue weighted by atomic mass is 10.2. The predicted octanol–water partition coefficient (Wildman–Crippen LogP) is 3.39. The zero-order valence-electron chi connectivity index (χ0n) is 14.9. The number of ether oxygens (including phenoxy) is 1. The quantitative estimate of drug-likeness (QED) is 0.625. The van der Waals surface area contributed by atoms with E-state index in [0.717, 1.165) is 10.9 Å². The second kappa shape index (κ2) is 8.66. The van der Waals surface area contributed by atoms with Crippen LogP contribution in [0.2, 0.25) is 0 Å². The molecule has 138 valence electrons. The van der Waals surface area contributed by atoms with Crippen molar-refractivity contribution in [2.24, 2.45) is 0 Å². The van der Waals surface area contributed by atoms with Crippen LogP contribution in [0.4, 0.5) is 16.2 Å². The normalized spacial score (nSPS) is 10.3. The number of carbonyl (C=O) groups excluding carboxylic acids is 2. The van der Waals surface area contributed by atoms with E-state index < -0.39 is 0 Å². The average Bonchev–Trinajstić information content (AvgIpc) is 2.68. The minimum atomic E-state index is -0.375. The molecule has 7 heteroatoms. The first-order valence-corrected chi connectivity index (χ1v) is 8.47. The molecule has 0 saturated heterocycles. The Kier molecular flexibility index (Phi) is 5.84. The number of nitrogens with zero attached hydrogens (tertiary/aromatic N) is 1. The highest BCUT2D eigenvalue weighted by molar-refractivity contribution is 5.94. The van der Waals surface area contributed by atoms with Gasteiger partial charge in [0, 0.05) is 24.0 Å². The number of urea groups is 1. The van der Waals surface area contributed by atoms with Gasteiger partial charge in [-0.2, -0.15) is 0 Å². The molecule has 0 atom stereocenters. The van der Waals surface area contributed by atoms with Gasteiger partial charge >= 0.3 is 6.03 Å². The van der Waals surface area contributed by atoms with Crippen molar-refractivity contribution < 1.29 is 14.3 Å². The van der Waals surface area contributed by atoms with Gasteiger partial charge in [-0.05, 0) is 36.4 Å². The van der Waals surface area contributed by atoms with E-state index >= 15 is 0 Å². The van der Waals surface area contributed by atoms with Gasteiger partial charge in [-0.25, -0.2) is 4.79 Å². The summed E-state index contributed by atoms with van der Waals surface area (Å²) < 4.78 is 5.06. The lowest BCUT2D eigenvalue weighted by Gasteiger charge is -2.09. The van der Waals surface area contributed by atoms with Crippen LogP contribution in [0.1, 0.15) is 6.42 Å². The second-order valence-corrected chi connectivity index (χ2v) is 5.82. The minimum absolute atomic E-state index is 0.156. The van der Waals surface area contributed by atoms with E-state index in [0.29, 0.717) is 17.1 Å². The van der Waals surface area contributed by atoms with E-state index in [2.05, 4.69) is 20.9 Å². The molecule has 1 aromatic heterocycles. The smallest absolute Gasteiger partial charge is 0.319 e. The van der Waals surface area contributed by atoms with Crippen LogP contribution in [0.15, 0.2) is 60.8 Å². The largest absolute Gasteiger partial charge is 0.497 e. The Labute approximate surface area is 156 Å². The number of aromatic nitrogens is 1. The van der Waals surface area contributed by atoms with Crippen LogP contribution in [0, 0.1) is 0 Å². The molecule has 0 aliphatic heterocycles. The first kappa shape index (κ1) is 18.2. The van der Waals surface area contributed by atoms with Gasteiger partial charge < -0.3 is 20.7 Å². The molecule has 3 rings (SSSR count). The molecular weight excluding hydrogens is 344 g/mol. The number of rotatable bonds is 6. The fraction of sp³-hybridized carbons (Fsp3) is 0.150. The maximum Gasteiger partial charge on any atom is 0.319 e. The predicted molar refractivity (Wildman–Crippen MR) is 105 cm³/mol. The maximum absolute atomic E-state index is 12.0. The van der Waals surface area contributed by atoms with Gasteiger partial charge in [-0.1, -0.05) is 18.2 Å². The van der Waals surface area contributed by atoms with Gasteiger partial charge in [0.2, 0.25) is 5.91 Å². The summed E-state index contributed by atoms with van der Waals surface area (Å²) in [6.07, 6.45) is 1.77. The summed E-state index contributed by atoms with van der Waals surface area (Å²) in [4.78, 5) is 28.2. The molecule has 0 fully saturated rings. The third kappa shape index (κ3) is 5.18. The summed E-state index contributed by atoms with van der Waals surface area (Å²) >= 11 is 0. The van der Waals surface area contributed by atoms with Gasteiger partial charge in [-0.15, -0.1) is 0 Å². The Morgan fingerprint density at radius 3 is 2.56 bits per heavy atom. The van der Waals surface area contributed by atoms with Crippen LogP contribution in [0.3, 0.4) is 0 Å². The zero-order valence-corrected chi connectivity index (χ0v) is 14.9. The van der Waals surface area contributed by atoms with E-state index in [4.69, 9.17) is 4.74 Å². The summed E-state index contributed by atoms with van der Waals surface area (Å²) in [5.41, 5.74) is 2.13. The highest BCUT2D eigenvalue weighted by Gasteiger charge is 2.06.